The number of nitriles is 1. The first kappa shape index (κ1) is 20.0. The molecule has 8 nitrogen and oxygen atoms in total. The maximum Gasteiger partial charge on any atom is 0.293 e. The Balaban J connectivity index is 1.80. The third-order valence-corrected chi connectivity index (χ3v) is 6.59. The van der Waals surface area contributed by atoms with Crippen molar-refractivity contribution < 1.29 is 17.7 Å². The molecular weight excluding hydrogens is 411 g/mol. The average molecular weight is 425 g/mol. The molecule has 146 valence electrons. The summed E-state index contributed by atoms with van der Waals surface area (Å²) in [6.45, 7) is 0.630. The molecule has 0 unspecified atom stereocenters. The highest BCUT2D eigenvalue weighted by Gasteiger charge is 2.31. The van der Waals surface area contributed by atoms with Gasteiger partial charge in [-0.3, -0.25) is 10.1 Å². The van der Waals surface area contributed by atoms with Crippen molar-refractivity contribution in [2.24, 2.45) is 0 Å². The van der Waals surface area contributed by atoms with Crippen LogP contribution in [-0.2, 0) is 10.0 Å². The summed E-state index contributed by atoms with van der Waals surface area (Å²) in [4.78, 5) is 12.3. The molecule has 0 atom stereocenters. The van der Waals surface area contributed by atoms with Crippen LogP contribution in [0.1, 0.15) is 5.56 Å². The fraction of sp³-hybridized carbons (Fsp3) is 0.235. The smallest absolute Gasteiger partial charge is 0.293 e. The highest BCUT2D eigenvalue weighted by molar-refractivity contribution is 7.89. The third kappa shape index (κ3) is 3.77. The Hall–Kier alpha value is -2.74. The molecule has 0 bridgehead atoms. The minimum Gasteiger partial charge on any atom is -0.363 e. The number of sulfonamides is 1. The minimum absolute atomic E-state index is 0.0918. The van der Waals surface area contributed by atoms with Crippen LogP contribution in [0.3, 0.4) is 0 Å². The van der Waals surface area contributed by atoms with E-state index < -0.39 is 20.8 Å². The van der Waals surface area contributed by atoms with E-state index in [1.165, 1.54) is 22.5 Å². The second kappa shape index (κ2) is 7.71. The molecule has 1 aliphatic rings. The van der Waals surface area contributed by atoms with E-state index in [0.717, 1.165) is 18.2 Å². The number of benzene rings is 2. The van der Waals surface area contributed by atoms with Crippen LogP contribution >= 0.6 is 11.6 Å². The van der Waals surface area contributed by atoms with Gasteiger partial charge in [0, 0.05) is 32.2 Å². The standard InChI is InChI=1S/C17H14ClFN4O4S/c18-14-10-13(2-3-15(14)19)28(26,27)22-7-5-21(6-8-22)16-4-1-12(11-20)9-17(16)23(24)25/h1-4,9-10H,5-8H2. The molecule has 1 heterocycles. The van der Waals surface area contributed by atoms with Crippen LogP contribution < -0.4 is 4.90 Å². The molecule has 3 rings (SSSR count). The van der Waals surface area contributed by atoms with Crippen molar-refractivity contribution in [1.29, 1.82) is 5.26 Å². The average Bonchev–Trinajstić information content (AvgIpc) is 2.69. The molecule has 11 heteroatoms. The number of hydrogen-bond acceptors (Lipinski definition) is 6. The van der Waals surface area contributed by atoms with Gasteiger partial charge in [0.05, 0.1) is 26.5 Å². The zero-order valence-electron chi connectivity index (χ0n) is 14.4. The molecule has 0 N–H and O–H groups in total. The Labute approximate surface area is 165 Å². The SMILES string of the molecule is N#Cc1ccc(N2CCN(S(=O)(=O)c3ccc(F)c(Cl)c3)CC2)c([N+](=O)[O-])c1. The van der Waals surface area contributed by atoms with Crippen molar-refractivity contribution in [3.8, 4) is 6.07 Å². The fourth-order valence-corrected chi connectivity index (χ4v) is 4.66. The van der Waals surface area contributed by atoms with Gasteiger partial charge in [-0.1, -0.05) is 11.6 Å². The summed E-state index contributed by atoms with van der Waals surface area (Å²) in [6, 6.07) is 9.21. The van der Waals surface area contributed by atoms with Crippen LogP contribution in [-0.4, -0.2) is 43.8 Å². The van der Waals surface area contributed by atoms with Crippen molar-refractivity contribution in [3.05, 3.63) is 62.9 Å². The molecular formula is C17H14ClFN4O4S. The summed E-state index contributed by atoms with van der Waals surface area (Å²) in [5, 5.41) is 20.0. The number of halogens is 2. The quantitative estimate of drug-likeness (QED) is 0.551. The van der Waals surface area contributed by atoms with Crippen molar-refractivity contribution in [2.45, 2.75) is 4.90 Å². The summed E-state index contributed by atoms with van der Waals surface area (Å²) < 4.78 is 40.0. The van der Waals surface area contributed by atoms with Gasteiger partial charge in [-0.25, -0.2) is 12.8 Å². The lowest BCUT2D eigenvalue weighted by molar-refractivity contribution is -0.384. The second-order valence-corrected chi connectivity index (χ2v) is 8.38. The maximum atomic E-state index is 13.3. The zero-order valence-corrected chi connectivity index (χ0v) is 16.0. The highest BCUT2D eigenvalue weighted by atomic mass is 35.5. The Morgan fingerprint density at radius 2 is 1.82 bits per heavy atom. The van der Waals surface area contributed by atoms with Crippen molar-refractivity contribution in [3.63, 3.8) is 0 Å². The minimum atomic E-state index is -3.87. The highest BCUT2D eigenvalue weighted by Crippen LogP contribution is 2.31. The van der Waals surface area contributed by atoms with Gasteiger partial charge in [0.25, 0.3) is 5.69 Å². The lowest BCUT2D eigenvalue weighted by Gasteiger charge is -2.35. The lowest BCUT2D eigenvalue weighted by atomic mass is 10.1. The molecule has 1 fully saturated rings. The number of piperazine rings is 1. The first-order valence-electron chi connectivity index (χ1n) is 8.12. The molecule has 0 spiro atoms. The van der Waals surface area contributed by atoms with E-state index in [-0.39, 0.29) is 47.3 Å². The van der Waals surface area contributed by atoms with Crippen LogP contribution in [0, 0.1) is 27.3 Å². The molecule has 1 saturated heterocycles. The van der Waals surface area contributed by atoms with Crippen LogP contribution in [0.4, 0.5) is 15.8 Å². The van der Waals surface area contributed by atoms with Crippen LogP contribution in [0.15, 0.2) is 41.3 Å². The topological polar surface area (TPSA) is 108 Å². The van der Waals surface area contributed by atoms with Gasteiger partial charge in [0.1, 0.15) is 11.5 Å². The third-order valence-electron chi connectivity index (χ3n) is 4.41. The Morgan fingerprint density at radius 1 is 1.14 bits per heavy atom. The van der Waals surface area contributed by atoms with E-state index >= 15 is 0 Å². The Bertz CT molecular complexity index is 1080. The number of anilines is 1. The van der Waals surface area contributed by atoms with E-state index in [1.807, 2.05) is 6.07 Å². The molecule has 2 aromatic rings. The van der Waals surface area contributed by atoms with Gasteiger partial charge < -0.3 is 4.90 Å². The molecule has 0 radical (unpaired) electrons. The predicted molar refractivity (Wildman–Crippen MR) is 100 cm³/mol. The lowest BCUT2D eigenvalue weighted by Crippen LogP contribution is -2.48. The number of nitro groups is 1. The number of nitro benzene ring substituents is 1. The van der Waals surface area contributed by atoms with E-state index in [0.29, 0.717) is 5.69 Å². The summed E-state index contributed by atoms with van der Waals surface area (Å²) in [5.74, 6) is -0.710. The maximum absolute atomic E-state index is 13.3. The van der Waals surface area contributed by atoms with Crippen molar-refractivity contribution >= 4 is 33.0 Å². The number of nitrogens with zero attached hydrogens (tertiary/aromatic N) is 4. The van der Waals surface area contributed by atoms with E-state index in [1.54, 1.807) is 4.90 Å². The summed E-state index contributed by atoms with van der Waals surface area (Å²) >= 11 is 5.68. The Morgan fingerprint density at radius 3 is 2.39 bits per heavy atom. The number of hydrogen-bond donors (Lipinski definition) is 0. The van der Waals surface area contributed by atoms with Crippen molar-refractivity contribution in [1.82, 2.24) is 4.31 Å². The molecule has 2 aromatic carbocycles. The van der Waals surface area contributed by atoms with Crippen LogP contribution in [0.2, 0.25) is 5.02 Å². The first-order valence-corrected chi connectivity index (χ1v) is 9.94. The molecule has 0 saturated carbocycles. The first-order chi connectivity index (χ1) is 13.2. The van der Waals surface area contributed by atoms with Gasteiger partial charge in [-0.2, -0.15) is 9.57 Å². The van der Waals surface area contributed by atoms with Crippen LogP contribution in [0.25, 0.3) is 0 Å². The van der Waals surface area contributed by atoms with Crippen molar-refractivity contribution in [2.75, 3.05) is 31.1 Å². The number of rotatable bonds is 4. The van der Waals surface area contributed by atoms with E-state index in [4.69, 9.17) is 16.9 Å². The summed E-state index contributed by atoms with van der Waals surface area (Å²) in [5.41, 5.74) is 0.288. The molecule has 28 heavy (non-hydrogen) atoms. The van der Waals surface area contributed by atoms with Gasteiger partial charge in [0.15, 0.2) is 0 Å². The predicted octanol–water partition coefficient (Wildman–Crippen LogP) is 2.77. The van der Waals surface area contributed by atoms with Gasteiger partial charge >= 0.3 is 0 Å². The van der Waals surface area contributed by atoms with Crippen LogP contribution in [0.5, 0.6) is 0 Å². The zero-order chi connectivity index (χ0) is 20.5. The summed E-state index contributed by atoms with van der Waals surface area (Å²) in [6.07, 6.45) is 0. The fourth-order valence-electron chi connectivity index (χ4n) is 2.96. The normalized spacial score (nSPS) is 15.2. The summed E-state index contributed by atoms with van der Waals surface area (Å²) in [7, 11) is -3.87. The van der Waals surface area contributed by atoms with E-state index in [9.17, 15) is 22.9 Å². The molecule has 0 aliphatic carbocycles. The monoisotopic (exact) mass is 424 g/mol. The van der Waals surface area contributed by atoms with Gasteiger partial charge in [-0.15, -0.1) is 0 Å². The molecule has 0 amide bonds. The second-order valence-electron chi connectivity index (χ2n) is 6.04. The van der Waals surface area contributed by atoms with Gasteiger partial charge in [0.2, 0.25) is 10.0 Å². The molecule has 0 aromatic heterocycles. The largest absolute Gasteiger partial charge is 0.363 e. The van der Waals surface area contributed by atoms with E-state index in [2.05, 4.69) is 0 Å². The Kier molecular flexibility index (Phi) is 5.51. The van der Waals surface area contributed by atoms with Gasteiger partial charge in [-0.05, 0) is 30.3 Å². The molecule has 1 aliphatic heterocycles.